The van der Waals surface area contributed by atoms with Crippen LogP contribution in [0.25, 0.3) is 15.5 Å². The summed E-state index contributed by atoms with van der Waals surface area (Å²) in [7, 11) is 0. The van der Waals surface area contributed by atoms with Crippen LogP contribution >= 0.6 is 23.1 Å². The number of aromatic nitrogens is 4. The highest BCUT2D eigenvalue weighted by Crippen LogP contribution is 2.26. The second kappa shape index (κ2) is 5.88. The van der Waals surface area contributed by atoms with E-state index in [4.69, 9.17) is 0 Å². The van der Waals surface area contributed by atoms with E-state index in [1.807, 2.05) is 11.8 Å². The third-order valence-corrected chi connectivity index (χ3v) is 4.83. The Hall–Kier alpha value is -1.47. The summed E-state index contributed by atoms with van der Waals surface area (Å²) in [5, 5.41) is 13.7. The van der Waals surface area contributed by atoms with Crippen molar-refractivity contribution in [2.75, 3.05) is 5.75 Å². The van der Waals surface area contributed by atoms with Crippen molar-refractivity contribution in [1.82, 2.24) is 19.8 Å². The van der Waals surface area contributed by atoms with Crippen LogP contribution < -0.4 is 0 Å². The minimum Gasteiger partial charge on any atom is -0.207 e. The van der Waals surface area contributed by atoms with Gasteiger partial charge in [-0.05, 0) is 36.4 Å². The van der Waals surface area contributed by atoms with Crippen molar-refractivity contribution in [3.05, 3.63) is 35.9 Å². The number of hydrogen-bond acceptors (Lipinski definition) is 5. The van der Waals surface area contributed by atoms with Crippen molar-refractivity contribution in [3.8, 4) is 10.6 Å². The number of halogens is 1. The fourth-order valence-electron chi connectivity index (χ4n) is 1.76. The highest BCUT2D eigenvalue weighted by Gasteiger charge is 2.12. The lowest BCUT2D eigenvalue weighted by Crippen LogP contribution is -1.94. The Balaban J connectivity index is 1.89. The molecular formula is C13H13FN4S2. The van der Waals surface area contributed by atoms with Gasteiger partial charge in [-0.25, -0.2) is 4.39 Å². The van der Waals surface area contributed by atoms with Crippen LogP contribution in [-0.4, -0.2) is 25.6 Å². The summed E-state index contributed by atoms with van der Waals surface area (Å²) < 4.78 is 14.7. The van der Waals surface area contributed by atoms with Crippen LogP contribution in [0.3, 0.4) is 0 Å². The topological polar surface area (TPSA) is 43.1 Å². The summed E-state index contributed by atoms with van der Waals surface area (Å²) >= 11 is 3.29. The Kier molecular flexibility index (Phi) is 3.98. The van der Waals surface area contributed by atoms with E-state index in [1.54, 1.807) is 16.6 Å². The molecule has 0 saturated carbocycles. The minimum atomic E-state index is -0.242. The molecule has 0 saturated heterocycles. The minimum absolute atomic E-state index is 0.242. The zero-order chi connectivity index (χ0) is 13.9. The van der Waals surface area contributed by atoms with Gasteiger partial charge in [-0.15, -0.1) is 10.2 Å². The molecule has 0 aliphatic carbocycles. The number of benzene rings is 1. The molecule has 0 unspecified atom stereocenters. The van der Waals surface area contributed by atoms with E-state index in [0.717, 1.165) is 39.3 Å². The molecule has 2 aromatic heterocycles. The summed E-state index contributed by atoms with van der Waals surface area (Å²) in [6, 6.07) is 6.34. The lowest BCUT2D eigenvalue weighted by molar-refractivity contribution is 0.628. The quantitative estimate of drug-likeness (QED) is 0.675. The Labute approximate surface area is 124 Å². The molecular weight excluding hydrogens is 295 g/mol. The monoisotopic (exact) mass is 308 g/mol. The van der Waals surface area contributed by atoms with Gasteiger partial charge in [0.1, 0.15) is 10.8 Å². The molecule has 3 rings (SSSR count). The van der Waals surface area contributed by atoms with E-state index < -0.39 is 0 Å². The zero-order valence-corrected chi connectivity index (χ0v) is 12.5. The number of hydrogen-bond donors (Lipinski definition) is 0. The number of thioether (sulfide) groups is 1. The summed E-state index contributed by atoms with van der Waals surface area (Å²) in [5.74, 6) is 2.53. The maximum Gasteiger partial charge on any atom is 0.235 e. The predicted octanol–water partition coefficient (Wildman–Crippen LogP) is 3.64. The van der Waals surface area contributed by atoms with Crippen LogP contribution in [0.1, 0.15) is 19.2 Å². The number of nitrogens with zero attached hydrogens (tertiary/aromatic N) is 4. The normalized spacial score (nSPS) is 11.3. The maximum atomic E-state index is 12.9. The summed E-state index contributed by atoms with van der Waals surface area (Å²) in [4.78, 5) is 0.774. The third-order valence-electron chi connectivity index (χ3n) is 2.73. The largest absolute Gasteiger partial charge is 0.235 e. The van der Waals surface area contributed by atoms with Gasteiger partial charge < -0.3 is 0 Å². The van der Waals surface area contributed by atoms with E-state index in [1.165, 1.54) is 23.5 Å². The van der Waals surface area contributed by atoms with Crippen LogP contribution in [0.4, 0.5) is 4.39 Å². The lowest BCUT2D eigenvalue weighted by atomic mass is 10.2. The number of fused-ring (bicyclic) bond motifs is 1. The van der Waals surface area contributed by atoms with Crippen molar-refractivity contribution in [2.45, 2.75) is 19.1 Å². The standard InChI is InChI=1S/C13H13FN4S2/c1-2-7-19-8-11-15-16-13-18(11)17-12(20-13)9-3-5-10(14)6-4-9/h3-6H,2,7-8H2,1H3. The fourth-order valence-corrected chi connectivity index (χ4v) is 3.42. The first-order chi connectivity index (χ1) is 9.78. The van der Waals surface area contributed by atoms with Crippen LogP contribution in [0.5, 0.6) is 0 Å². The molecule has 3 aromatic rings. The van der Waals surface area contributed by atoms with Gasteiger partial charge in [0.25, 0.3) is 0 Å². The van der Waals surface area contributed by atoms with Crippen LogP contribution in [-0.2, 0) is 5.75 Å². The SMILES string of the molecule is CCCSCc1nnc2sc(-c3ccc(F)cc3)nn12. The summed E-state index contributed by atoms with van der Waals surface area (Å²) in [6.45, 7) is 2.15. The molecule has 104 valence electrons. The van der Waals surface area contributed by atoms with Gasteiger partial charge in [0.15, 0.2) is 5.82 Å². The van der Waals surface area contributed by atoms with Gasteiger partial charge in [0.2, 0.25) is 4.96 Å². The van der Waals surface area contributed by atoms with E-state index in [0.29, 0.717) is 0 Å². The predicted molar refractivity (Wildman–Crippen MR) is 80.5 cm³/mol. The average Bonchev–Trinajstić information content (AvgIpc) is 3.01. The molecule has 4 nitrogen and oxygen atoms in total. The molecule has 0 spiro atoms. The van der Waals surface area contributed by atoms with Gasteiger partial charge in [0, 0.05) is 5.56 Å². The van der Waals surface area contributed by atoms with Gasteiger partial charge in [0.05, 0.1) is 5.75 Å². The molecule has 0 bridgehead atoms. The second-order valence-electron chi connectivity index (χ2n) is 4.28. The molecule has 1 aromatic carbocycles. The first-order valence-corrected chi connectivity index (χ1v) is 8.30. The molecule has 0 aliphatic heterocycles. The highest BCUT2D eigenvalue weighted by atomic mass is 32.2. The number of rotatable bonds is 5. The van der Waals surface area contributed by atoms with Gasteiger partial charge >= 0.3 is 0 Å². The molecule has 0 aliphatic rings. The first-order valence-electron chi connectivity index (χ1n) is 6.32. The fraction of sp³-hybridized carbons (Fsp3) is 0.308. The van der Waals surface area contributed by atoms with Crippen molar-refractivity contribution in [2.24, 2.45) is 0 Å². The Morgan fingerprint density at radius 3 is 2.80 bits per heavy atom. The Bertz CT molecular complexity index is 705. The van der Waals surface area contributed by atoms with Crippen molar-refractivity contribution < 1.29 is 4.39 Å². The van der Waals surface area contributed by atoms with E-state index in [9.17, 15) is 4.39 Å². The van der Waals surface area contributed by atoms with Gasteiger partial charge in [-0.2, -0.15) is 21.4 Å². The molecule has 0 amide bonds. The van der Waals surface area contributed by atoms with Crippen LogP contribution in [0.2, 0.25) is 0 Å². The highest BCUT2D eigenvalue weighted by molar-refractivity contribution is 7.98. The molecule has 0 fully saturated rings. The maximum absolute atomic E-state index is 12.9. The van der Waals surface area contributed by atoms with Crippen LogP contribution in [0.15, 0.2) is 24.3 Å². The van der Waals surface area contributed by atoms with Gasteiger partial charge in [-0.1, -0.05) is 18.3 Å². The Morgan fingerprint density at radius 2 is 2.05 bits per heavy atom. The molecule has 0 atom stereocenters. The molecule has 20 heavy (non-hydrogen) atoms. The van der Waals surface area contributed by atoms with E-state index in [2.05, 4.69) is 22.2 Å². The molecule has 2 heterocycles. The molecule has 0 radical (unpaired) electrons. The van der Waals surface area contributed by atoms with Crippen molar-refractivity contribution >= 4 is 28.1 Å². The third kappa shape index (κ3) is 2.69. The first kappa shape index (κ1) is 13.5. The van der Waals surface area contributed by atoms with Gasteiger partial charge in [-0.3, -0.25) is 0 Å². The average molecular weight is 308 g/mol. The smallest absolute Gasteiger partial charge is 0.207 e. The van der Waals surface area contributed by atoms with Crippen LogP contribution in [0, 0.1) is 5.82 Å². The second-order valence-corrected chi connectivity index (χ2v) is 6.34. The lowest BCUT2D eigenvalue weighted by Gasteiger charge is -1.96. The molecule has 7 heteroatoms. The summed E-state index contributed by atoms with van der Waals surface area (Å²) in [6.07, 6.45) is 1.14. The summed E-state index contributed by atoms with van der Waals surface area (Å²) in [5.41, 5.74) is 0.897. The van der Waals surface area contributed by atoms with Crippen molar-refractivity contribution in [1.29, 1.82) is 0 Å². The van der Waals surface area contributed by atoms with E-state index >= 15 is 0 Å². The van der Waals surface area contributed by atoms with Crippen molar-refractivity contribution in [3.63, 3.8) is 0 Å². The molecule has 0 N–H and O–H groups in total. The Morgan fingerprint density at radius 1 is 1.25 bits per heavy atom. The zero-order valence-electron chi connectivity index (χ0n) is 10.9. The van der Waals surface area contributed by atoms with E-state index in [-0.39, 0.29) is 5.82 Å².